The zero-order chi connectivity index (χ0) is 27.0. The van der Waals surface area contributed by atoms with Crippen LogP contribution in [0.1, 0.15) is 23.6 Å². The highest BCUT2D eigenvalue weighted by Gasteiger charge is 2.32. The van der Waals surface area contributed by atoms with Gasteiger partial charge in [-0.05, 0) is 49.2 Å². The molecule has 0 aliphatic heterocycles. The third-order valence-electron chi connectivity index (χ3n) is 5.98. The zero-order valence-corrected chi connectivity index (χ0v) is 22.8. The van der Waals surface area contributed by atoms with Gasteiger partial charge in [0.25, 0.3) is 0 Å². The maximum atomic E-state index is 13.7. The molecule has 3 aromatic rings. The molecule has 0 fully saturated rings. The first-order valence-corrected chi connectivity index (χ1v) is 13.8. The molecule has 0 heterocycles. The molecule has 0 aliphatic rings. The average Bonchev–Trinajstić information content (AvgIpc) is 2.88. The third kappa shape index (κ3) is 7.64. The Balaban J connectivity index is 1.94. The third-order valence-corrected chi connectivity index (χ3v) is 8.04. The van der Waals surface area contributed by atoms with Gasteiger partial charge in [-0.25, -0.2) is 8.42 Å². The number of hydrogen-bond acceptors (Lipinski definition) is 4. The molecule has 0 aliphatic carbocycles. The molecular weight excluding hydrogens is 510 g/mol. The molecule has 2 amide bonds. The number of rotatable bonds is 11. The van der Waals surface area contributed by atoms with Gasteiger partial charge in [-0.1, -0.05) is 71.8 Å². The van der Waals surface area contributed by atoms with E-state index in [0.717, 1.165) is 21.0 Å². The molecule has 0 saturated carbocycles. The maximum absolute atomic E-state index is 13.7. The first-order chi connectivity index (χ1) is 17.6. The minimum Gasteiger partial charge on any atom is -0.355 e. The molecule has 1 N–H and O–H groups in total. The van der Waals surface area contributed by atoms with E-state index in [-0.39, 0.29) is 23.8 Å². The van der Waals surface area contributed by atoms with Gasteiger partial charge in [-0.15, -0.1) is 0 Å². The lowest BCUT2D eigenvalue weighted by Crippen LogP contribution is -2.53. The normalized spacial score (nSPS) is 12.2. The Kier molecular flexibility index (Phi) is 9.86. The summed E-state index contributed by atoms with van der Waals surface area (Å²) in [6, 6.07) is 22.0. The summed E-state index contributed by atoms with van der Waals surface area (Å²) in [6.45, 7) is 3.77. The Morgan fingerprint density at radius 2 is 1.54 bits per heavy atom. The summed E-state index contributed by atoms with van der Waals surface area (Å²) in [5.74, 6) is -0.793. The molecule has 0 aromatic heterocycles. The van der Waals surface area contributed by atoms with Crippen LogP contribution < -0.4 is 5.32 Å². The van der Waals surface area contributed by atoms with Gasteiger partial charge in [0.15, 0.2) is 0 Å². The van der Waals surface area contributed by atoms with E-state index in [1.807, 2.05) is 44.2 Å². The van der Waals surface area contributed by atoms with Crippen molar-refractivity contribution in [3.63, 3.8) is 0 Å². The molecule has 0 spiro atoms. The van der Waals surface area contributed by atoms with Crippen molar-refractivity contribution in [2.75, 3.05) is 20.1 Å². The number of nitrogens with one attached hydrogen (secondary N) is 1. The highest BCUT2D eigenvalue weighted by molar-refractivity contribution is 7.89. The van der Waals surface area contributed by atoms with Crippen LogP contribution in [-0.2, 0) is 32.6 Å². The Labute approximate surface area is 224 Å². The monoisotopic (exact) mass is 541 g/mol. The van der Waals surface area contributed by atoms with Crippen molar-refractivity contribution < 1.29 is 18.0 Å². The van der Waals surface area contributed by atoms with Crippen molar-refractivity contribution in [3.05, 3.63) is 101 Å². The van der Waals surface area contributed by atoms with Gasteiger partial charge < -0.3 is 10.2 Å². The second-order valence-electron chi connectivity index (χ2n) is 8.82. The standard InChI is InChI=1S/C28H32ClN3O4S/c1-4-30-28(34)26(18-22-8-6-5-7-9-22)32(19-23-12-14-24(29)15-13-23)27(33)20-31(3)37(35,36)25-16-10-21(2)11-17-25/h5-17,26H,4,18-20H2,1-3H3,(H,30,34). The molecule has 9 heteroatoms. The Hall–Kier alpha value is -3.20. The van der Waals surface area contributed by atoms with Gasteiger partial charge in [0.05, 0.1) is 11.4 Å². The lowest BCUT2D eigenvalue weighted by molar-refractivity contribution is -0.141. The van der Waals surface area contributed by atoms with E-state index in [1.165, 1.54) is 24.1 Å². The number of carbonyl (C=O) groups excluding carboxylic acids is 2. The van der Waals surface area contributed by atoms with Gasteiger partial charge >= 0.3 is 0 Å². The lowest BCUT2D eigenvalue weighted by atomic mass is 10.0. The molecule has 196 valence electrons. The number of halogens is 1. The van der Waals surface area contributed by atoms with Gasteiger partial charge in [-0.2, -0.15) is 4.31 Å². The number of aryl methyl sites for hydroxylation is 1. The van der Waals surface area contributed by atoms with E-state index >= 15 is 0 Å². The zero-order valence-electron chi connectivity index (χ0n) is 21.2. The van der Waals surface area contributed by atoms with Crippen LogP contribution >= 0.6 is 11.6 Å². The topological polar surface area (TPSA) is 86.8 Å². The van der Waals surface area contributed by atoms with E-state index in [4.69, 9.17) is 11.6 Å². The summed E-state index contributed by atoms with van der Waals surface area (Å²) in [5.41, 5.74) is 2.58. The van der Waals surface area contributed by atoms with Crippen molar-refractivity contribution in [2.45, 2.75) is 37.8 Å². The smallest absolute Gasteiger partial charge is 0.243 e. The van der Waals surface area contributed by atoms with Gasteiger partial charge in [-0.3, -0.25) is 9.59 Å². The van der Waals surface area contributed by atoms with E-state index in [0.29, 0.717) is 11.6 Å². The van der Waals surface area contributed by atoms with Crippen LogP contribution in [0.4, 0.5) is 0 Å². The predicted octanol–water partition coefficient (Wildman–Crippen LogP) is 4.05. The Morgan fingerprint density at radius 1 is 0.919 bits per heavy atom. The molecule has 1 atom stereocenters. The number of sulfonamides is 1. The highest BCUT2D eigenvalue weighted by Crippen LogP contribution is 2.19. The fourth-order valence-electron chi connectivity index (χ4n) is 3.89. The van der Waals surface area contributed by atoms with Crippen LogP contribution in [0.15, 0.2) is 83.8 Å². The number of hydrogen-bond donors (Lipinski definition) is 1. The molecular formula is C28H32ClN3O4S. The SMILES string of the molecule is CCNC(=O)C(Cc1ccccc1)N(Cc1ccc(Cl)cc1)C(=O)CN(C)S(=O)(=O)c1ccc(C)cc1. The molecule has 37 heavy (non-hydrogen) atoms. The number of carbonyl (C=O) groups is 2. The van der Waals surface area contributed by atoms with Gasteiger partial charge in [0, 0.05) is 31.6 Å². The van der Waals surface area contributed by atoms with Crippen LogP contribution in [0.25, 0.3) is 0 Å². The van der Waals surface area contributed by atoms with E-state index in [2.05, 4.69) is 5.32 Å². The molecule has 1 unspecified atom stereocenters. The summed E-state index contributed by atoms with van der Waals surface area (Å²) in [6.07, 6.45) is 0.278. The van der Waals surface area contributed by atoms with Gasteiger partial charge in [0.2, 0.25) is 21.8 Å². The summed E-state index contributed by atoms with van der Waals surface area (Å²) < 4.78 is 27.3. The summed E-state index contributed by atoms with van der Waals surface area (Å²) in [7, 11) is -2.54. The number of benzene rings is 3. The molecule has 0 radical (unpaired) electrons. The van der Waals surface area contributed by atoms with Crippen LogP contribution in [0.2, 0.25) is 5.02 Å². The largest absolute Gasteiger partial charge is 0.355 e. The van der Waals surface area contributed by atoms with E-state index in [9.17, 15) is 18.0 Å². The van der Waals surface area contributed by atoms with Crippen LogP contribution in [0.5, 0.6) is 0 Å². The summed E-state index contributed by atoms with van der Waals surface area (Å²) in [4.78, 5) is 28.5. The molecule has 7 nitrogen and oxygen atoms in total. The van der Waals surface area contributed by atoms with Crippen LogP contribution in [-0.4, -0.2) is 55.6 Å². The second kappa shape index (κ2) is 12.9. The molecule has 3 aromatic carbocycles. The Bertz CT molecular complexity index is 1300. The van der Waals surface area contributed by atoms with E-state index < -0.39 is 28.5 Å². The minimum atomic E-state index is -3.91. The van der Waals surface area contributed by atoms with E-state index in [1.54, 1.807) is 36.4 Å². The molecule has 3 rings (SSSR count). The number of likely N-dealkylation sites (N-methyl/N-ethyl adjacent to an activating group) is 2. The fraction of sp³-hybridized carbons (Fsp3) is 0.286. The number of amides is 2. The van der Waals surface area contributed by atoms with Crippen LogP contribution in [0.3, 0.4) is 0 Å². The van der Waals surface area contributed by atoms with Crippen LogP contribution in [0, 0.1) is 6.92 Å². The predicted molar refractivity (Wildman–Crippen MR) is 146 cm³/mol. The molecule has 0 saturated heterocycles. The van der Waals surface area contributed by atoms with Crippen molar-refractivity contribution >= 4 is 33.4 Å². The van der Waals surface area contributed by atoms with Crippen molar-refractivity contribution in [1.82, 2.24) is 14.5 Å². The second-order valence-corrected chi connectivity index (χ2v) is 11.3. The Morgan fingerprint density at radius 3 is 2.14 bits per heavy atom. The fourth-order valence-corrected chi connectivity index (χ4v) is 5.14. The first kappa shape index (κ1) is 28.4. The summed E-state index contributed by atoms with van der Waals surface area (Å²) in [5, 5.41) is 3.38. The quantitative estimate of drug-likeness (QED) is 0.397. The highest BCUT2D eigenvalue weighted by atomic mass is 35.5. The average molecular weight is 542 g/mol. The lowest BCUT2D eigenvalue weighted by Gasteiger charge is -2.32. The summed E-state index contributed by atoms with van der Waals surface area (Å²) >= 11 is 6.04. The van der Waals surface area contributed by atoms with Crippen molar-refractivity contribution in [3.8, 4) is 0 Å². The first-order valence-electron chi connectivity index (χ1n) is 12.0. The minimum absolute atomic E-state index is 0.0993. The maximum Gasteiger partial charge on any atom is 0.243 e. The van der Waals surface area contributed by atoms with Gasteiger partial charge in [0.1, 0.15) is 6.04 Å². The van der Waals surface area contributed by atoms with Crippen molar-refractivity contribution in [2.24, 2.45) is 0 Å². The molecule has 0 bridgehead atoms. The number of nitrogens with zero attached hydrogens (tertiary/aromatic N) is 2. The van der Waals surface area contributed by atoms with Crippen molar-refractivity contribution in [1.29, 1.82) is 0 Å².